The summed E-state index contributed by atoms with van der Waals surface area (Å²) in [6.07, 6.45) is -4.83. The minimum absolute atomic E-state index is 0.0711. The summed E-state index contributed by atoms with van der Waals surface area (Å²) in [5.74, 6) is -1.75. The van der Waals surface area contributed by atoms with E-state index in [0.29, 0.717) is 11.3 Å². The van der Waals surface area contributed by atoms with Crippen LogP contribution in [0.4, 0.5) is 18.3 Å². The van der Waals surface area contributed by atoms with Crippen LogP contribution in [-0.4, -0.2) is 23.5 Å². The molecular weight excluding hydrogens is 460 g/mol. The van der Waals surface area contributed by atoms with Crippen LogP contribution in [0.2, 0.25) is 0 Å². The third kappa shape index (κ3) is 4.44. The number of anilines is 1. The number of aromatic nitrogens is 1. The topological polar surface area (TPSA) is 68.3 Å². The first-order chi connectivity index (χ1) is 11.2. The number of rotatable bonds is 4. The number of nitrogens with one attached hydrogen (secondary N) is 1. The largest absolute Gasteiger partial charge is 0.462 e. The highest BCUT2D eigenvalue weighted by Gasteiger charge is 2.40. The zero-order valence-electron chi connectivity index (χ0n) is 12.1. The Kier molecular flexibility index (Phi) is 5.80. The zero-order chi connectivity index (χ0) is 17.9. The van der Waals surface area contributed by atoms with Crippen molar-refractivity contribution in [2.24, 2.45) is 0 Å². The molecule has 128 valence electrons. The van der Waals surface area contributed by atoms with E-state index < -0.39 is 28.6 Å². The lowest BCUT2D eigenvalue weighted by Crippen LogP contribution is -2.14. The monoisotopic (exact) mass is 470 g/mol. The molecule has 1 amide bonds. The van der Waals surface area contributed by atoms with Crippen LogP contribution < -0.4 is 5.32 Å². The van der Waals surface area contributed by atoms with Gasteiger partial charge in [0.15, 0.2) is 10.8 Å². The van der Waals surface area contributed by atoms with Gasteiger partial charge >= 0.3 is 12.1 Å². The normalized spacial score (nSPS) is 11.2. The summed E-state index contributed by atoms with van der Waals surface area (Å²) in [4.78, 5) is 26.3. The van der Waals surface area contributed by atoms with E-state index in [1.807, 2.05) is 0 Å². The first-order valence-corrected chi connectivity index (χ1v) is 8.44. The predicted octanol–water partition coefficient (Wildman–Crippen LogP) is 4.20. The third-order valence-electron chi connectivity index (χ3n) is 2.68. The number of ether oxygens (including phenoxy) is 1. The molecule has 1 N–H and O–H groups in total. The van der Waals surface area contributed by atoms with Crippen molar-refractivity contribution in [1.29, 1.82) is 0 Å². The van der Waals surface area contributed by atoms with E-state index >= 15 is 0 Å². The highest BCUT2D eigenvalue weighted by Crippen LogP contribution is 2.36. The molecule has 5 nitrogen and oxygen atoms in total. The fourth-order valence-electron chi connectivity index (χ4n) is 1.67. The van der Waals surface area contributed by atoms with Gasteiger partial charge in [0.2, 0.25) is 0 Å². The Labute approximate surface area is 152 Å². The van der Waals surface area contributed by atoms with Crippen molar-refractivity contribution >= 4 is 50.9 Å². The number of amides is 1. The van der Waals surface area contributed by atoms with Gasteiger partial charge in [0.1, 0.15) is 4.88 Å². The summed E-state index contributed by atoms with van der Waals surface area (Å²) in [5.41, 5.74) is -1.11. The summed E-state index contributed by atoms with van der Waals surface area (Å²) in [6.45, 7) is 1.41. The van der Waals surface area contributed by atoms with E-state index in [1.165, 1.54) is 19.1 Å². The second-order valence-corrected chi connectivity index (χ2v) is 6.62. The molecule has 0 atom stereocenters. The van der Waals surface area contributed by atoms with E-state index in [9.17, 15) is 22.8 Å². The highest BCUT2D eigenvalue weighted by atomic mass is 127. The summed E-state index contributed by atoms with van der Waals surface area (Å²) in [6, 6.07) is 6.42. The van der Waals surface area contributed by atoms with E-state index in [-0.39, 0.29) is 17.3 Å². The molecule has 0 saturated heterocycles. The molecule has 0 bridgehead atoms. The first-order valence-electron chi connectivity index (χ1n) is 6.54. The average Bonchev–Trinajstić information content (AvgIpc) is 2.92. The second kappa shape index (κ2) is 7.47. The molecule has 0 aliphatic heterocycles. The van der Waals surface area contributed by atoms with Crippen molar-refractivity contribution in [2.75, 3.05) is 11.9 Å². The predicted molar refractivity (Wildman–Crippen MR) is 90.2 cm³/mol. The van der Waals surface area contributed by atoms with Gasteiger partial charge in [-0.15, -0.1) is 0 Å². The Bertz CT molecular complexity index is 760. The van der Waals surface area contributed by atoms with Crippen molar-refractivity contribution in [3.05, 3.63) is 44.0 Å². The van der Waals surface area contributed by atoms with Gasteiger partial charge in [-0.2, -0.15) is 13.2 Å². The van der Waals surface area contributed by atoms with E-state index in [1.54, 1.807) is 12.1 Å². The van der Waals surface area contributed by atoms with Gasteiger partial charge in [-0.3, -0.25) is 10.1 Å². The summed E-state index contributed by atoms with van der Waals surface area (Å²) in [5, 5.41) is 1.94. The molecule has 0 saturated carbocycles. The van der Waals surface area contributed by atoms with Crippen LogP contribution >= 0.6 is 33.9 Å². The lowest BCUT2D eigenvalue weighted by atomic mass is 10.2. The molecule has 24 heavy (non-hydrogen) atoms. The SMILES string of the molecule is CCOC(=O)c1sc(NC(=O)c2ccc(I)cc2)nc1C(F)(F)F. The molecule has 0 radical (unpaired) electrons. The lowest BCUT2D eigenvalue weighted by Gasteiger charge is -2.05. The molecule has 0 fully saturated rings. The molecular formula is C14H10F3IN2O3S. The van der Waals surface area contributed by atoms with E-state index in [0.717, 1.165) is 3.57 Å². The fraction of sp³-hybridized carbons (Fsp3) is 0.214. The number of benzene rings is 1. The second-order valence-electron chi connectivity index (χ2n) is 4.38. The van der Waals surface area contributed by atoms with Crippen LogP contribution in [0.25, 0.3) is 0 Å². The molecule has 0 aliphatic carbocycles. The van der Waals surface area contributed by atoms with E-state index in [4.69, 9.17) is 0 Å². The van der Waals surface area contributed by atoms with Crippen molar-refractivity contribution in [1.82, 2.24) is 4.98 Å². The quantitative estimate of drug-likeness (QED) is 0.538. The first kappa shape index (κ1) is 18.6. The Hall–Kier alpha value is -1.69. The number of halogens is 4. The van der Waals surface area contributed by atoms with Crippen molar-refractivity contribution in [2.45, 2.75) is 13.1 Å². The zero-order valence-corrected chi connectivity index (χ0v) is 15.1. The Morgan fingerprint density at radius 1 is 1.29 bits per heavy atom. The number of esters is 1. The maximum absolute atomic E-state index is 13.0. The molecule has 0 spiro atoms. The summed E-state index contributed by atoms with van der Waals surface area (Å²) < 4.78 is 44.5. The van der Waals surface area contributed by atoms with Crippen LogP contribution in [-0.2, 0) is 10.9 Å². The summed E-state index contributed by atoms with van der Waals surface area (Å²) >= 11 is 2.48. The van der Waals surface area contributed by atoms with Crippen LogP contribution in [0, 0.1) is 3.57 Å². The van der Waals surface area contributed by atoms with Gasteiger partial charge in [-0.1, -0.05) is 11.3 Å². The average molecular weight is 470 g/mol. The minimum Gasteiger partial charge on any atom is -0.462 e. The summed E-state index contributed by atoms with van der Waals surface area (Å²) in [7, 11) is 0. The Morgan fingerprint density at radius 3 is 2.46 bits per heavy atom. The highest BCUT2D eigenvalue weighted by molar-refractivity contribution is 14.1. The van der Waals surface area contributed by atoms with Crippen LogP contribution in [0.3, 0.4) is 0 Å². The molecule has 2 rings (SSSR count). The molecule has 1 heterocycles. The van der Waals surface area contributed by atoms with Gasteiger partial charge in [0.25, 0.3) is 5.91 Å². The molecule has 10 heteroatoms. The Balaban J connectivity index is 2.29. The maximum atomic E-state index is 13.0. The van der Waals surface area contributed by atoms with Gasteiger partial charge in [0.05, 0.1) is 6.61 Å². The van der Waals surface area contributed by atoms with Gasteiger partial charge < -0.3 is 4.74 Å². The smallest absolute Gasteiger partial charge is 0.435 e. The minimum atomic E-state index is -4.83. The number of nitrogens with zero attached hydrogens (tertiary/aromatic N) is 1. The van der Waals surface area contributed by atoms with Crippen LogP contribution in [0.15, 0.2) is 24.3 Å². The van der Waals surface area contributed by atoms with Crippen molar-refractivity contribution < 1.29 is 27.5 Å². The fourth-order valence-corrected chi connectivity index (χ4v) is 2.91. The number of hydrogen-bond acceptors (Lipinski definition) is 5. The Morgan fingerprint density at radius 2 is 1.92 bits per heavy atom. The maximum Gasteiger partial charge on any atom is 0.435 e. The molecule has 0 unspecified atom stereocenters. The van der Waals surface area contributed by atoms with Crippen molar-refractivity contribution in [3.63, 3.8) is 0 Å². The standard InChI is InChI=1S/C14H10F3IN2O3S/c1-2-23-12(22)9-10(14(15,16)17)19-13(24-9)20-11(21)7-3-5-8(18)6-4-7/h3-6H,2H2,1H3,(H,19,20,21). The number of carbonyl (C=O) groups excluding carboxylic acids is 2. The van der Waals surface area contributed by atoms with Gasteiger partial charge in [-0.25, -0.2) is 9.78 Å². The van der Waals surface area contributed by atoms with Crippen molar-refractivity contribution in [3.8, 4) is 0 Å². The lowest BCUT2D eigenvalue weighted by molar-refractivity contribution is -0.141. The van der Waals surface area contributed by atoms with E-state index in [2.05, 4.69) is 37.6 Å². The number of carbonyl (C=O) groups is 2. The molecule has 1 aromatic heterocycles. The molecule has 2 aromatic rings. The van der Waals surface area contributed by atoms with Gasteiger partial charge in [-0.05, 0) is 53.8 Å². The van der Waals surface area contributed by atoms with Gasteiger partial charge in [0, 0.05) is 9.13 Å². The molecule has 0 aliphatic rings. The third-order valence-corrected chi connectivity index (χ3v) is 4.35. The number of thiazole rings is 1. The van der Waals surface area contributed by atoms with Crippen LogP contribution in [0.5, 0.6) is 0 Å². The number of hydrogen-bond donors (Lipinski definition) is 1. The van der Waals surface area contributed by atoms with Crippen LogP contribution in [0.1, 0.15) is 32.6 Å². The molecule has 1 aromatic carbocycles. The number of alkyl halides is 3.